The molecule has 2 aromatic carbocycles. The van der Waals surface area contributed by atoms with E-state index in [0.29, 0.717) is 23.6 Å². The summed E-state index contributed by atoms with van der Waals surface area (Å²) in [6, 6.07) is 12.7. The van der Waals surface area contributed by atoms with Gasteiger partial charge in [0, 0.05) is 19.7 Å². The molecule has 0 saturated heterocycles. The van der Waals surface area contributed by atoms with Crippen LogP contribution in [0, 0.1) is 0 Å². The zero-order chi connectivity index (χ0) is 22.9. The second kappa shape index (κ2) is 11.0. The molecule has 0 unspecified atom stereocenters. The maximum Gasteiger partial charge on any atom is 0.255 e. The molecule has 31 heavy (non-hydrogen) atoms. The maximum absolute atomic E-state index is 12.6. The van der Waals surface area contributed by atoms with Crippen LogP contribution in [-0.2, 0) is 19.6 Å². The Balaban J connectivity index is 1.94. The average molecular weight is 445 g/mol. The van der Waals surface area contributed by atoms with Crippen LogP contribution in [0.15, 0.2) is 71.2 Å². The van der Waals surface area contributed by atoms with Gasteiger partial charge in [-0.25, -0.2) is 13.8 Å². The average Bonchev–Trinajstić information content (AvgIpc) is 2.72. The Morgan fingerprint density at radius 3 is 2.55 bits per heavy atom. The second-order valence-corrected chi connectivity index (χ2v) is 8.48. The van der Waals surface area contributed by atoms with E-state index in [0.717, 1.165) is 4.31 Å². The molecule has 0 saturated carbocycles. The first-order valence-electron chi connectivity index (χ1n) is 9.22. The molecule has 0 aliphatic heterocycles. The third kappa shape index (κ3) is 7.36. The molecule has 0 atom stereocenters. The van der Waals surface area contributed by atoms with Crippen molar-refractivity contribution in [1.29, 1.82) is 0 Å². The Bertz CT molecular complexity index is 1070. The van der Waals surface area contributed by atoms with Gasteiger partial charge in [-0.1, -0.05) is 24.8 Å². The number of hydrogen-bond acceptors (Lipinski definition) is 6. The quantitative estimate of drug-likeness (QED) is 0.330. The molecule has 2 aromatic rings. The highest BCUT2D eigenvalue weighted by molar-refractivity contribution is 7.89. The Morgan fingerprint density at radius 1 is 1.19 bits per heavy atom. The summed E-state index contributed by atoms with van der Waals surface area (Å²) < 4.78 is 31.6. The minimum absolute atomic E-state index is 0.00302. The third-order valence-electron chi connectivity index (χ3n) is 3.88. The molecule has 2 N–H and O–H groups in total. The van der Waals surface area contributed by atoms with Crippen LogP contribution in [-0.4, -0.2) is 51.0 Å². The topological polar surface area (TPSA) is 117 Å². The van der Waals surface area contributed by atoms with Gasteiger partial charge in [-0.05, 0) is 42.0 Å². The Kier molecular flexibility index (Phi) is 8.47. The Morgan fingerprint density at radius 2 is 1.90 bits per heavy atom. The summed E-state index contributed by atoms with van der Waals surface area (Å²) in [5.41, 5.74) is 3.47. The lowest BCUT2D eigenvalue weighted by Gasteiger charge is -2.16. The Labute approximate surface area is 181 Å². The third-order valence-corrected chi connectivity index (χ3v) is 5.70. The lowest BCUT2D eigenvalue weighted by molar-refractivity contribution is -0.121. The number of anilines is 1. The zero-order valence-electron chi connectivity index (χ0n) is 17.2. The molecular weight excluding hydrogens is 420 g/mol. The summed E-state index contributed by atoms with van der Waals surface area (Å²) in [6.07, 6.45) is 3.05. The molecular formula is C21H24N4O5S. The van der Waals surface area contributed by atoms with Crippen molar-refractivity contribution < 1.29 is 22.7 Å². The first kappa shape index (κ1) is 23.8. The zero-order valence-corrected chi connectivity index (χ0v) is 18.1. The van der Waals surface area contributed by atoms with Gasteiger partial charge >= 0.3 is 0 Å². The highest BCUT2D eigenvalue weighted by Gasteiger charge is 2.22. The number of sulfonamides is 1. The highest BCUT2D eigenvalue weighted by Crippen LogP contribution is 2.17. The molecule has 10 heteroatoms. The minimum atomic E-state index is -3.89. The molecule has 2 amide bonds. The number of likely N-dealkylation sites (N-methyl/N-ethyl adjacent to an activating group) is 1. The number of hydrogen-bond donors (Lipinski definition) is 2. The summed E-state index contributed by atoms with van der Waals surface area (Å²) in [5, 5.41) is 6.40. The molecule has 0 bridgehead atoms. The van der Waals surface area contributed by atoms with Crippen LogP contribution < -0.4 is 15.5 Å². The molecule has 0 heterocycles. The summed E-state index contributed by atoms with van der Waals surface area (Å²) >= 11 is 0. The summed E-state index contributed by atoms with van der Waals surface area (Å²) in [5.74, 6) is -0.234. The fourth-order valence-corrected chi connectivity index (χ4v) is 3.56. The highest BCUT2D eigenvalue weighted by atomic mass is 32.2. The number of amides is 2. The van der Waals surface area contributed by atoms with E-state index in [-0.39, 0.29) is 10.8 Å². The number of carbonyl (C=O) groups is 2. The van der Waals surface area contributed by atoms with Crippen molar-refractivity contribution in [2.75, 3.05) is 25.5 Å². The van der Waals surface area contributed by atoms with E-state index in [1.807, 2.05) is 0 Å². The standard InChI is InChI=1S/C21H24N4O5S/c1-4-12-30-19-7-5-6-17(13-19)14-22-24-21(27)15-25(3)31(28,29)20-10-8-18(9-11-20)23-16(2)26/h4-11,13-14H,1,12,15H2,2-3H3,(H,23,26)(H,24,27)/b22-14+. The lowest BCUT2D eigenvalue weighted by atomic mass is 10.2. The van der Waals surface area contributed by atoms with Gasteiger partial charge < -0.3 is 10.1 Å². The van der Waals surface area contributed by atoms with Crippen LogP contribution in [0.4, 0.5) is 5.69 Å². The van der Waals surface area contributed by atoms with Gasteiger partial charge in [0.1, 0.15) is 12.4 Å². The predicted octanol–water partition coefficient (Wildman–Crippen LogP) is 1.98. The van der Waals surface area contributed by atoms with E-state index in [9.17, 15) is 18.0 Å². The molecule has 164 valence electrons. The van der Waals surface area contributed by atoms with Crippen LogP contribution in [0.25, 0.3) is 0 Å². The Hall–Kier alpha value is -3.50. The molecule has 0 aromatic heterocycles. The van der Waals surface area contributed by atoms with Crippen molar-refractivity contribution in [3.8, 4) is 5.75 Å². The number of rotatable bonds is 10. The van der Waals surface area contributed by atoms with Gasteiger partial charge in [0.15, 0.2) is 0 Å². The van der Waals surface area contributed by atoms with E-state index >= 15 is 0 Å². The molecule has 0 spiro atoms. The smallest absolute Gasteiger partial charge is 0.255 e. The number of nitrogens with one attached hydrogen (secondary N) is 2. The van der Waals surface area contributed by atoms with Crippen molar-refractivity contribution in [3.05, 3.63) is 66.7 Å². The van der Waals surface area contributed by atoms with Gasteiger partial charge in [0.05, 0.1) is 17.7 Å². The fraction of sp³-hybridized carbons (Fsp3) is 0.190. The van der Waals surface area contributed by atoms with E-state index < -0.39 is 22.5 Å². The second-order valence-electron chi connectivity index (χ2n) is 6.43. The maximum atomic E-state index is 12.6. The summed E-state index contributed by atoms with van der Waals surface area (Å²) in [7, 11) is -2.60. The van der Waals surface area contributed by atoms with Crippen LogP contribution >= 0.6 is 0 Å². The van der Waals surface area contributed by atoms with Gasteiger partial charge in [-0.2, -0.15) is 9.41 Å². The molecule has 0 aliphatic rings. The largest absolute Gasteiger partial charge is 0.490 e. The molecule has 0 radical (unpaired) electrons. The van der Waals surface area contributed by atoms with E-state index in [1.165, 1.54) is 44.5 Å². The van der Waals surface area contributed by atoms with Gasteiger partial charge in [-0.3, -0.25) is 9.59 Å². The van der Waals surface area contributed by atoms with Crippen LogP contribution in [0.3, 0.4) is 0 Å². The fourth-order valence-electron chi connectivity index (χ4n) is 2.43. The normalized spacial score (nSPS) is 11.3. The van der Waals surface area contributed by atoms with Crippen LogP contribution in [0.5, 0.6) is 5.75 Å². The van der Waals surface area contributed by atoms with Crippen molar-refractivity contribution in [1.82, 2.24) is 9.73 Å². The number of hydrazone groups is 1. The molecule has 2 rings (SSSR count). The number of ether oxygens (including phenoxy) is 1. The van der Waals surface area contributed by atoms with E-state index in [1.54, 1.807) is 30.3 Å². The van der Waals surface area contributed by atoms with E-state index in [4.69, 9.17) is 4.74 Å². The summed E-state index contributed by atoms with van der Waals surface area (Å²) in [6.45, 7) is 4.88. The van der Waals surface area contributed by atoms with Crippen molar-refractivity contribution in [2.24, 2.45) is 5.10 Å². The summed E-state index contributed by atoms with van der Waals surface area (Å²) in [4.78, 5) is 23.1. The van der Waals surface area contributed by atoms with Gasteiger partial charge in [0.25, 0.3) is 5.91 Å². The lowest BCUT2D eigenvalue weighted by Crippen LogP contribution is -2.36. The van der Waals surface area contributed by atoms with Crippen LogP contribution in [0.1, 0.15) is 12.5 Å². The van der Waals surface area contributed by atoms with Crippen molar-refractivity contribution in [3.63, 3.8) is 0 Å². The van der Waals surface area contributed by atoms with Gasteiger partial charge in [-0.15, -0.1) is 0 Å². The van der Waals surface area contributed by atoms with Crippen molar-refractivity contribution in [2.45, 2.75) is 11.8 Å². The minimum Gasteiger partial charge on any atom is -0.490 e. The predicted molar refractivity (Wildman–Crippen MR) is 118 cm³/mol. The number of benzene rings is 2. The van der Waals surface area contributed by atoms with Crippen LogP contribution in [0.2, 0.25) is 0 Å². The monoisotopic (exact) mass is 444 g/mol. The molecule has 0 aliphatic carbocycles. The van der Waals surface area contributed by atoms with Crippen molar-refractivity contribution >= 4 is 33.7 Å². The first-order valence-corrected chi connectivity index (χ1v) is 10.7. The number of carbonyl (C=O) groups excluding carboxylic acids is 2. The number of nitrogens with zero attached hydrogens (tertiary/aromatic N) is 2. The SMILES string of the molecule is C=CCOc1cccc(/C=N/NC(=O)CN(C)S(=O)(=O)c2ccc(NC(C)=O)cc2)c1. The molecule has 9 nitrogen and oxygen atoms in total. The molecule has 0 fully saturated rings. The first-order chi connectivity index (χ1) is 14.7. The van der Waals surface area contributed by atoms with E-state index in [2.05, 4.69) is 22.4 Å². The van der Waals surface area contributed by atoms with Gasteiger partial charge in [0.2, 0.25) is 15.9 Å².